The lowest BCUT2D eigenvalue weighted by Gasteiger charge is -2.35. The molecule has 2 heterocycles. The van der Waals surface area contributed by atoms with Gasteiger partial charge in [0.15, 0.2) is 11.5 Å². The lowest BCUT2D eigenvalue weighted by Crippen LogP contribution is -2.49. The zero-order chi connectivity index (χ0) is 22.5. The van der Waals surface area contributed by atoms with E-state index < -0.39 is 0 Å². The number of nitrogens with zero attached hydrogens (tertiary/aromatic N) is 3. The van der Waals surface area contributed by atoms with Crippen LogP contribution in [0.25, 0.3) is 0 Å². The SMILES string of the molecule is COc1cc(C(=O)N2CCN(c3ccc(Cl)cn3)CC2)ccc1OCc1ccccc1Cl. The first kappa shape index (κ1) is 22.2. The van der Waals surface area contributed by atoms with Crippen molar-refractivity contribution < 1.29 is 14.3 Å². The Morgan fingerprint density at radius 3 is 2.47 bits per heavy atom. The predicted molar refractivity (Wildman–Crippen MR) is 126 cm³/mol. The van der Waals surface area contributed by atoms with Gasteiger partial charge in [-0.3, -0.25) is 4.79 Å². The second kappa shape index (κ2) is 10.1. The van der Waals surface area contributed by atoms with Gasteiger partial charge in [-0.25, -0.2) is 4.98 Å². The fraction of sp³-hybridized carbons (Fsp3) is 0.250. The van der Waals surface area contributed by atoms with Gasteiger partial charge in [0.2, 0.25) is 0 Å². The molecule has 8 heteroatoms. The number of methoxy groups -OCH3 is 1. The Balaban J connectivity index is 1.39. The van der Waals surface area contributed by atoms with E-state index >= 15 is 0 Å². The molecule has 4 rings (SSSR count). The molecule has 0 aliphatic carbocycles. The summed E-state index contributed by atoms with van der Waals surface area (Å²) in [6.45, 7) is 2.93. The van der Waals surface area contributed by atoms with Gasteiger partial charge in [0.05, 0.1) is 12.1 Å². The zero-order valence-corrected chi connectivity index (χ0v) is 19.1. The van der Waals surface area contributed by atoms with Crippen LogP contribution >= 0.6 is 23.2 Å². The lowest BCUT2D eigenvalue weighted by atomic mass is 10.1. The van der Waals surface area contributed by atoms with Gasteiger partial charge in [-0.05, 0) is 36.4 Å². The smallest absolute Gasteiger partial charge is 0.254 e. The number of amides is 1. The Morgan fingerprint density at radius 1 is 1.00 bits per heavy atom. The predicted octanol–water partition coefficient (Wildman–Crippen LogP) is 4.94. The van der Waals surface area contributed by atoms with Crippen molar-refractivity contribution in [2.45, 2.75) is 6.61 Å². The highest BCUT2D eigenvalue weighted by Crippen LogP contribution is 2.30. The van der Waals surface area contributed by atoms with Crippen LogP contribution < -0.4 is 14.4 Å². The van der Waals surface area contributed by atoms with Crippen LogP contribution in [0, 0.1) is 0 Å². The third-order valence-corrected chi connectivity index (χ3v) is 5.95. The van der Waals surface area contributed by atoms with Gasteiger partial charge < -0.3 is 19.3 Å². The second-order valence-electron chi connectivity index (χ2n) is 7.36. The van der Waals surface area contributed by atoms with Gasteiger partial charge in [0.25, 0.3) is 5.91 Å². The zero-order valence-electron chi connectivity index (χ0n) is 17.6. The number of benzene rings is 2. The fourth-order valence-electron chi connectivity index (χ4n) is 3.57. The van der Waals surface area contributed by atoms with Crippen LogP contribution in [0.4, 0.5) is 5.82 Å². The Hall–Kier alpha value is -2.96. The standard InChI is InChI=1S/C24H23Cl2N3O3/c1-31-22-14-17(6-8-21(22)32-16-18-4-2-3-5-20(18)26)24(30)29-12-10-28(11-13-29)23-9-7-19(25)15-27-23/h2-9,14-15H,10-13,16H2,1H3. The molecule has 0 bridgehead atoms. The Bertz CT molecular complexity index is 1080. The van der Waals surface area contributed by atoms with Gasteiger partial charge in [0, 0.05) is 48.5 Å². The highest BCUT2D eigenvalue weighted by molar-refractivity contribution is 6.31. The van der Waals surface area contributed by atoms with Crippen LogP contribution in [0.2, 0.25) is 10.0 Å². The first-order chi connectivity index (χ1) is 15.5. The van der Waals surface area contributed by atoms with Gasteiger partial charge >= 0.3 is 0 Å². The van der Waals surface area contributed by atoms with E-state index in [9.17, 15) is 4.79 Å². The Labute approximate surface area is 197 Å². The number of piperazine rings is 1. The molecule has 3 aromatic rings. The number of hydrogen-bond acceptors (Lipinski definition) is 5. The van der Waals surface area contributed by atoms with Crippen molar-refractivity contribution >= 4 is 34.9 Å². The van der Waals surface area contributed by atoms with Gasteiger partial charge in [-0.1, -0.05) is 41.4 Å². The number of ether oxygens (including phenoxy) is 2. The maximum atomic E-state index is 13.1. The molecule has 1 aromatic heterocycles. The van der Waals surface area contributed by atoms with Crippen molar-refractivity contribution in [3.05, 3.63) is 82.0 Å². The van der Waals surface area contributed by atoms with Crippen LogP contribution in [0.3, 0.4) is 0 Å². The van der Waals surface area contributed by atoms with Gasteiger partial charge in [-0.2, -0.15) is 0 Å². The minimum absolute atomic E-state index is 0.0373. The molecule has 32 heavy (non-hydrogen) atoms. The van der Waals surface area contributed by atoms with Crippen molar-refractivity contribution in [2.24, 2.45) is 0 Å². The minimum atomic E-state index is -0.0373. The molecule has 1 aliphatic rings. The largest absolute Gasteiger partial charge is 0.493 e. The summed E-state index contributed by atoms with van der Waals surface area (Å²) < 4.78 is 11.4. The summed E-state index contributed by atoms with van der Waals surface area (Å²) in [5, 5.41) is 1.25. The highest BCUT2D eigenvalue weighted by atomic mass is 35.5. The molecule has 2 aromatic carbocycles. The van der Waals surface area contributed by atoms with E-state index in [1.165, 1.54) is 0 Å². The number of carbonyl (C=O) groups excluding carboxylic acids is 1. The first-order valence-corrected chi connectivity index (χ1v) is 11.0. The van der Waals surface area contributed by atoms with Crippen molar-refractivity contribution in [1.82, 2.24) is 9.88 Å². The molecule has 0 unspecified atom stereocenters. The number of rotatable bonds is 6. The summed E-state index contributed by atoms with van der Waals surface area (Å²) in [7, 11) is 1.56. The Morgan fingerprint density at radius 2 is 1.78 bits per heavy atom. The van der Waals surface area contributed by atoms with E-state index in [1.54, 1.807) is 31.5 Å². The van der Waals surface area contributed by atoms with Crippen molar-refractivity contribution in [3.63, 3.8) is 0 Å². The molecular formula is C24H23Cl2N3O3. The summed E-state index contributed by atoms with van der Waals surface area (Å²) >= 11 is 12.1. The number of anilines is 1. The molecule has 1 fully saturated rings. The molecule has 1 saturated heterocycles. The molecule has 1 amide bonds. The number of pyridine rings is 1. The molecule has 0 radical (unpaired) electrons. The minimum Gasteiger partial charge on any atom is -0.493 e. The topological polar surface area (TPSA) is 54.9 Å². The summed E-state index contributed by atoms with van der Waals surface area (Å²) in [6.07, 6.45) is 1.63. The molecular weight excluding hydrogens is 449 g/mol. The first-order valence-electron chi connectivity index (χ1n) is 10.2. The van der Waals surface area contributed by atoms with Crippen molar-refractivity contribution in [1.29, 1.82) is 0 Å². The maximum Gasteiger partial charge on any atom is 0.254 e. The maximum absolute atomic E-state index is 13.1. The van der Waals surface area contributed by atoms with E-state index in [2.05, 4.69) is 9.88 Å². The number of hydrogen-bond donors (Lipinski definition) is 0. The van der Waals surface area contributed by atoms with Crippen molar-refractivity contribution in [2.75, 3.05) is 38.2 Å². The molecule has 0 saturated carbocycles. The van der Waals surface area contributed by atoms with E-state index in [-0.39, 0.29) is 5.91 Å². The molecule has 1 aliphatic heterocycles. The third-order valence-electron chi connectivity index (χ3n) is 5.35. The third kappa shape index (κ3) is 5.09. The van der Waals surface area contributed by atoms with E-state index in [4.69, 9.17) is 32.7 Å². The average Bonchev–Trinajstić information content (AvgIpc) is 2.83. The summed E-state index contributed by atoms with van der Waals surface area (Å²) in [5.74, 6) is 1.89. The number of halogens is 2. The van der Waals surface area contributed by atoms with Crippen LogP contribution in [-0.4, -0.2) is 49.1 Å². The summed E-state index contributed by atoms with van der Waals surface area (Å²) in [4.78, 5) is 21.4. The lowest BCUT2D eigenvalue weighted by molar-refractivity contribution is 0.0746. The van der Waals surface area contributed by atoms with Crippen LogP contribution in [0.15, 0.2) is 60.8 Å². The highest BCUT2D eigenvalue weighted by Gasteiger charge is 2.24. The monoisotopic (exact) mass is 471 g/mol. The fourth-order valence-corrected chi connectivity index (χ4v) is 3.87. The molecule has 0 N–H and O–H groups in total. The number of carbonyl (C=O) groups is 1. The summed E-state index contributed by atoms with van der Waals surface area (Å²) in [6, 6.07) is 16.5. The number of aromatic nitrogens is 1. The van der Waals surface area contributed by atoms with Crippen molar-refractivity contribution in [3.8, 4) is 11.5 Å². The van der Waals surface area contributed by atoms with Crippen LogP contribution in [-0.2, 0) is 6.61 Å². The Kier molecular flexibility index (Phi) is 7.02. The van der Waals surface area contributed by atoms with Gasteiger partial charge in [-0.15, -0.1) is 0 Å². The normalized spacial score (nSPS) is 13.7. The van der Waals surface area contributed by atoms with Gasteiger partial charge in [0.1, 0.15) is 12.4 Å². The molecule has 6 nitrogen and oxygen atoms in total. The van der Waals surface area contributed by atoms with Crippen LogP contribution in [0.1, 0.15) is 15.9 Å². The average molecular weight is 472 g/mol. The summed E-state index contributed by atoms with van der Waals surface area (Å²) in [5.41, 5.74) is 1.44. The van der Waals surface area contributed by atoms with E-state index in [0.29, 0.717) is 59.9 Å². The van der Waals surface area contributed by atoms with Crippen LogP contribution in [0.5, 0.6) is 11.5 Å². The second-order valence-corrected chi connectivity index (χ2v) is 8.20. The van der Waals surface area contributed by atoms with E-state index in [0.717, 1.165) is 11.4 Å². The molecule has 0 spiro atoms. The molecule has 0 atom stereocenters. The molecule has 166 valence electrons. The quantitative estimate of drug-likeness (QED) is 0.509. The van der Waals surface area contributed by atoms with E-state index in [1.807, 2.05) is 41.3 Å².